The van der Waals surface area contributed by atoms with Crippen molar-refractivity contribution in [3.8, 4) is 0 Å². The molecule has 2 N–H and O–H groups in total. The predicted octanol–water partition coefficient (Wildman–Crippen LogP) is 3.54. The first kappa shape index (κ1) is 16.6. The zero-order valence-electron chi connectivity index (χ0n) is 13.9. The van der Waals surface area contributed by atoms with Gasteiger partial charge in [-0.2, -0.15) is 5.10 Å². The summed E-state index contributed by atoms with van der Waals surface area (Å²) in [6.07, 6.45) is 2.59. The van der Waals surface area contributed by atoms with Gasteiger partial charge >= 0.3 is 0 Å². The molecular formula is C17H20N4O2S. The van der Waals surface area contributed by atoms with Gasteiger partial charge in [-0.1, -0.05) is 6.92 Å². The third-order valence-corrected chi connectivity index (χ3v) is 5.27. The van der Waals surface area contributed by atoms with E-state index >= 15 is 0 Å². The van der Waals surface area contributed by atoms with Gasteiger partial charge in [0.1, 0.15) is 5.82 Å². The van der Waals surface area contributed by atoms with Crippen molar-refractivity contribution in [1.29, 1.82) is 0 Å². The third kappa shape index (κ3) is 3.17. The molecule has 2 amide bonds. The van der Waals surface area contributed by atoms with Crippen molar-refractivity contribution in [2.45, 2.75) is 43.4 Å². The van der Waals surface area contributed by atoms with Crippen LogP contribution in [-0.4, -0.2) is 26.8 Å². The lowest BCUT2D eigenvalue weighted by Crippen LogP contribution is -2.26. The normalized spacial score (nSPS) is 17.8. The molecule has 0 fully saturated rings. The molecule has 7 heteroatoms. The molecule has 1 aliphatic heterocycles. The standard InChI is InChI=1S/C17H20N4O2S/c1-4-10(2)21-15(7-8-18-21)20-17(23)12-5-6-14-13(9-12)19-16(22)11(3)24-14/h5-11H,4H2,1-3H3,(H,19,22)(H,20,23). The summed E-state index contributed by atoms with van der Waals surface area (Å²) in [5, 5.41) is 9.88. The first-order valence-electron chi connectivity index (χ1n) is 7.96. The quantitative estimate of drug-likeness (QED) is 0.889. The highest BCUT2D eigenvalue weighted by atomic mass is 32.2. The molecule has 0 aliphatic carbocycles. The molecule has 0 radical (unpaired) electrons. The Morgan fingerprint density at radius 1 is 1.46 bits per heavy atom. The molecule has 24 heavy (non-hydrogen) atoms. The second-order valence-corrected chi connectivity index (χ2v) is 7.22. The van der Waals surface area contributed by atoms with Crippen LogP contribution in [0.25, 0.3) is 0 Å². The molecular weight excluding hydrogens is 324 g/mol. The monoisotopic (exact) mass is 344 g/mol. The van der Waals surface area contributed by atoms with Crippen molar-refractivity contribution >= 4 is 35.1 Å². The van der Waals surface area contributed by atoms with Gasteiger partial charge in [-0.3, -0.25) is 9.59 Å². The molecule has 0 bridgehead atoms. The van der Waals surface area contributed by atoms with Gasteiger partial charge in [0.05, 0.1) is 23.2 Å². The highest BCUT2D eigenvalue weighted by Gasteiger charge is 2.24. The van der Waals surface area contributed by atoms with E-state index in [1.807, 2.05) is 13.0 Å². The number of fused-ring (bicyclic) bond motifs is 1. The summed E-state index contributed by atoms with van der Waals surface area (Å²) in [5.74, 6) is 0.403. The van der Waals surface area contributed by atoms with Crippen LogP contribution in [0.2, 0.25) is 0 Å². The Labute approximate surface area is 145 Å². The van der Waals surface area contributed by atoms with Gasteiger partial charge < -0.3 is 10.6 Å². The first-order valence-corrected chi connectivity index (χ1v) is 8.84. The molecule has 1 aliphatic rings. The number of rotatable bonds is 4. The molecule has 0 spiro atoms. The van der Waals surface area contributed by atoms with Crippen molar-refractivity contribution in [3.63, 3.8) is 0 Å². The number of hydrogen-bond donors (Lipinski definition) is 2. The van der Waals surface area contributed by atoms with Crippen LogP contribution < -0.4 is 10.6 Å². The highest BCUT2D eigenvalue weighted by Crippen LogP contribution is 2.36. The molecule has 3 rings (SSSR count). The van der Waals surface area contributed by atoms with E-state index in [1.54, 1.807) is 29.1 Å². The fraction of sp³-hybridized carbons (Fsp3) is 0.353. The number of nitrogens with one attached hydrogen (secondary N) is 2. The van der Waals surface area contributed by atoms with E-state index in [1.165, 1.54) is 11.8 Å². The molecule has 6 nitrogen and oxygen atoms in total. The molecule has 1 aromatic heterocycles. The van der Waals surface area contributed by atoms with E-state index in [4.69, 9.17) is 0 Å². The van der Waals surface area contributed by atoms with Gasteiger partial charge in [-0.25, -0.2) is 4.68 Å². The zero-order chi connectivity index (χ0) is 17.3. The smallest absolute Gasteiger partial charge is 0.256 e. The number of anilines is 2. The SMILES string of the molecule is CCC(C)n1nccc1NC(=O)c1ccc2c(c1)NC(=O)C(C)S2. The lowest BCUT2D eigenvalue weighted by molar-refractivity contribution is -0.115. The van der Waals surface area contributed by atoms with Crippen molar-refractivity contribution < 1.29 is 9.59 Å². The third-order valence-electron chi connectivity index (χ3n) is 4.09. The number of carbonyl (C=O) groups is 2. The average Bonchev–Trinajstić information content (AvgIpc) is 3.02. The molecule has 2 atom stereocenters. The maximum Gasteiger partial charge on any atom is 0.256 e. The van der Waals surface area contributed by atoms with E-state index in [9.17, 15) is 9.59 Å². The van der Waals surface area contributed by atoms with Gasteiger partial charge in [0.15, 0.2) is 0 Å². The van der Waals surface area contributed by atoms with Crippen LogP contribution in [0.1, 0.15) is 43.6 Å². The average molecular weight is 344 g/mol. The predicted molar refractivity (Wildman–Crippen MR) is 95.6 cm³/mol. The summed E-state index contributed by atoms with van der Waals surface area (Å²) in [6, 6.07) is 7.34. The van der Waals surface area contributed by atoms with Gasteiger partial charge in [0.2, 0.25) is 5.91 Å². The Morgan fingerprint density at radius 2 is 2.25 bits per heavy atom. The Morgan fingerprint density at radius 3 is 3.00 bits per heavy atom. The van der Waals surface area contributed by atoms with E-state index in [0.29, 0.717) is 17.1 Å². The number of hydrogen-bond acceptors (Lipinski definition) is 4. The van der Waals surface area contributed by atoms with Crippen LogP contribution in [0.4, 0.5) is 11.5 Å². The first-order chi connectivity index (χ1) is 11.5. The Balaban J connectivity index is 1.81. The molecule has 2 aromatic rings. The summed E-state index contributed by atoms with van der Waals surface area (Å²) < 4.78 is 1.80. The Bertz CT molecular complexity index is 787. The van der Waals surface area contributed by atoms with Crippen molar-refractivity contribution in [1.82, 2.24) is 9.78 Å². The summed E-state index contributed by atoms with van der Waals surface area (Å²) in [7, 11) is 0. The zero-order valence-corrected chi connectivity index (χ0v) is 14.7. The largest absolute Gasteiger partial charge is 0.324 e. The van der Waals surface area contributed by atoms with E-state index in [2.05, 4.69) is 29.6 Å². The van der Waals surface area contributed by atoms with Crippen molar-refractivity contribution in [3.05, 3.63) is 36.0 Å². The molecule has 2 heterocycles. The Hall–Kier alpha value is -2.28. The summed E-state index contributed by atoms with van der Waals surface area (Å²) >= 11 is 1.50. The maximum absolute atomic E-state index is 12.5. The van der Waals surface area contributed by atoms with Gasteiger partial charge in [-0.05, 0) is 38.5 Å². The summed E-state index contributed by atoms with van der Waals surface area (Å²) in [4.78, 5) is 25.3. The molecule has 1 aromatic carbocycles. The minimum atomic E-state index is -0.222. The van der Waals surface area contributed by atoms with Crippen LogP contribution in [0.3, 0.4) is 0 Å². The second kappa shape index (κ2) is 6.68. The molecule has 2 unspecified atom stereocenters. The van der Waals surface area contributed by atoms with E-state index in [0.717, 1.165) is 11.3 Å². The van der Waals surface area contributed by atoms with Gasteiger partial charge in [0.25, 0.3) is 5.91 Å². The van der Waals surface area contributed by atoms with E-state index < -0.39 is 0 Å². The van der Waals surface area contributed by atoms with Crippen LogP contribution in [0.5, 0.6) is 0 Å². The minimum Gasteiger partial charge on any atom is -0.324 e. The van der Waals surface area contributed by atoms with Crippen LogP contribution in [0, 0.1) is 0 Å². The number of amides is 2. The van der Waals surface area contributed by atoms with Gasteiger partial charge in [0, 0.05) is 16.5 Å². The van der Waals surface area contributed by atoms with Crippen LogP contribution in [0.15, 0.2) is 35.4 Å². The van der Waals surface area contributed by atoms with Crippen LogP contribution in [-0.2, 0) is 4.79 Å². The molecule has 126 valence electrons. The Kier molecular flexibility index (Phi) is 4.62. The second-order valence-electron chi connectivity index (χ2n) is 5.83. The number of carbonyl (C=O) groups excluding carboxylic acids is 2. The van der Waals surface area contributed by atoms with E-state index in [-0.39, 0.29) is 23.1 Å². The topological polar surface area (TPSA) is 76.0 Å². The fourth-order valence-electron chi connectivity index (χ4n) is 2.48. The van der Waals surface area contributed by atoms with Crippen molar-refractivity contribution in [2.75, 3.05) is 10.6 Å². The highest BCUT2D eigenvalue weighted by molar-refractivity contribution is 8.00. The molecule has 0 saturated carbocycles. The van der Waals surface area contributed by atoms with Crippen LogP contribution >= 0.6 is 11.8 Å². The minimum absolute atomic E-state index is 0.0418. The maximum atomic E-state index is 12.5. The number of aromatic nitrogens is 2. The summed E-state index contributed by atoms with van der Waals surface area (Å²) in [6.45, 7) is 5.98. The lowest BCUT2D eigenvalue weighted by Gasteiger charge is -2.21. The lowest BCUT2D eigenvalue weighted by atomic mass is 10.1. The fourth-order valence-corrected chi connectivity index (χ4v) is 3.41. The summed E-state index contributed by atoms with van der Waals surface area (Å²) in [5.41, 5.74) is 1.19. The number of benzene rings is 1. The number of nitrogens with zero attached hydrogens (tertiary/aromatic N) is 2. The van der Waals surface area contributed by atoms with Crippen molar-refractivity contribution in [2.24, 2.45) is 0 Å². The number of thioether (sulfide) groups is 1. The van der Waals surface area contributed by atoms with Gasteiger partial charge in [-0.15, -0.1) is 11.8 Å². The molecule has 0 saturated heterocycles.